The molecular weight excluding hydrogens is 220 g/mol. The molecule has 0 aliphatic rings. The Kier molecular flexibility index (Phi) is 4.37. The van der Waals surface area contributed by atoms with Crippen LogP contribution >= 0.6 is 0 Å². The second-order valence-electron chi connectivity index (χ2n) is 3.12. The van der Waals surface area contributed by atoms with Gasteiger partial charge in [-0.05, 0) is 0 Å². The summed E-state index contributed by atoms with van der Waals surface area (Å²) in [5.41, 5.74) is 2.76. The van der Waals surface area contributed by atoms with Gasteiger partial charge < -0.3 is 14.2 Å². The molecule has 90 valence electrons. The van der Waals surface area contributed by atoms with Gasteiger partial charge in [0.2, 0.25) is 5.78 Å². The van der Waals surface area contributed by atoms with Gasteiger partial charge in [0.25, 0.3) is 0 Å². The minimum atomic E-state index is -0.281. The van der Waals surface area contributed by atoms with E-state index in [1.165, 1.54) is 27.4 Å². The van der Waals surface area contributed by atoms with Gasteiger partial charge in [-0.25, -0.2) is 0 Å². The Labute approximate surface area is 100 Å². The highest BCUT2D eigenvalue weighted by Crippen LogP contribution is 2.34. The minimum absolute atomic E-state index is 0.281. The van der Waals surface area contributed by atoms with E-state index in [0.29, 0.717) is 22.8 Å². The van der Waals surface area contributed by atoms with Crippen LogP contribution in [-0.2, 0) is 0 Å². The highest BCUT2D eigenvalue weighted by Gasteiger charge is 2.18. The van der Waals surface area contributed by atoms with E-state index in [4.69, 9.17) is 14.2 Å². The molecule has 4 heteroatoms. The van der Waals surface area contributed by atoms with Gasteiger partial charge in [-0.15, -0.1) is 5.73 Å². The average Bonchev–Trinajstić information content (AvgIpc) is 2.37. The molecule has 0 aliphatic heterocycles. The summed E-state index contributed by atoms with van der Waals surface area (Å²) < 4.78 is 15.4. The fourth-order valence-electron chi connectivity index (χ4n) is 1.41. The quantitative estimate of drug-likeness (QED) is 0.445. The zero-order valence-corrected chi connectivity index (χ0v) is 10.1. The molecule has 0 fully saturated rings. The molecule has 0 atom stereocenters. The van der Waals surface area contributed by atoms with E-state index >= 15 is 0 Å². The van der Waals surface area contributed by atoms with Crippen molar-refractivity contribution in [2.75, 3.05) is 21.3 Å². The van der Waals surface area contributed by atoms with Crippen molar-refractivity contribution >= 4 is 5.78 Å². The largest absolute Gasteiger partial charge is 0.496 e. The van der Waals surface area contributed by atoms with Crippen molar-refractivity contribution < 1.29 is 19.0 Å². The number of allylic oxidation sites excluding steroid dienone is 1. The van der Waals surface area contributed by atoms with Crippen molar-refractivity contribution in [2.24, 2.45) is 0 Å². The summed E-state index contributed by atoms with van der Waals surface area (Å²) in [4.78, 5) is 11.8. The van der Waals surface area contributed by atoms with Crippen LogP contribution in [0.4, 0.5) is 0 Å². The minimum Gasteiger partial charge on any atom is -0.496 e. The van der Waals surface area contributed by atoms with Crippen LogP contribution in [0, 0.1) is 0 Å². The van der Waals surface area contributed by atoms with E-state index in [9.17, 15) is 4.79 Å². The second kappa shape index (κ2) is 5.77. The van der Waals surface area contributed by atoms with Crippen LogP contribution in [-0.4, -0.2) is 27.1 Å². The Morgan fingerprint density at radius 2 is 1.71 bits per heavy atom. The lowest BCUT2D eigenvalue weighted by molar-refractivity contribution is 0.104. The number of ether oxygens (including phenoxy) is 3. The van der Waals surface area contributed by atoms with E-state index in [2.05, 4.69) is 12.3 Å². The number of carbonyl (C=O) groups is 1. The first-order chi connectivity index (χ1) is 8.17. The SMILES string of the molecule is C=C=CC(=O)c1c(OC)cc(OC)cc1OC. The second-order valence-corrected chi connectivity index (χ2v) is 3.12. The van der Waals surface area contributed by atoms with Gasteiger partial charge in [0, 0.05) is 18.2 Å². The molecule has 1 aromatic rings. The first-order valence-electron chi connectivity index (χ1n) is 4.88. The number of rotatable bonds is 5. The predicted octanol–water partition coefficient (Wildman–Crippen LogP) is 2.24. The smallest absolute Gasteiger partial charge is 0.200 e. The molecule has 4 nitrogen and oxygen atoms in total. The molecule has 0 saturated carbocycles. The molecule has 0 amide bonds. The maximum absolute atomic E-state index is 11.8. The number of hydrogen-bond acceptors (Lipinski definition) is 4. The highest BCUT2D eigenvalue weighted by atomic mass is 16.5. The third kappa shape index (κ3) is 2.68. The lowest BCUT2D eigenvalue weighted by atomic mass is 10.1. The van der Waals surface area contributed by atoms with Crippen molar-refractivity contribution in [1.82, 2.24) is 0 Å². The monoisotopic (exact) mass is 234 g/mol. The molecule has 0 heterocycles. The summed E-state index contributed by atoms with van der Waals surface area (Å²) in [6.45, 7) is 3.36. The van der Waals surface area contributed by atoms with Gasteiger partial charge in [-0.3, -0.25) is 4.79 Å². The Balaban J connectivity index is 3.44. The topological polar surface area (TPSA) is 44.8 Å². The fourth-order valence-corrected chi connectivity index (χ4v) is 1.41. The summed E-state index contributed by atoms with van der Waals surface area (Å²) in [7, 11) is 4.48. The Bertz CT molecular complexity index is 445. The van der Waals surface area contributed by atoms with Gasteiger partial charge in [0.15, 0.2) is 0 Å². The van der Waals surface area contributed by atoms with Crippen LogP contribution in [0.5, 0.6) is 17.2 Å². The first-order valence-corrected chi connectivity index (χ1v) is 4.88. The van der Waals surface area contributed by atoms with Gasteiger partial charge in [0.1, 0.15) is 22.8 Å². The predicted molar refractivity (Wildman–Crippen MR) is 64.1 cm³/mol. The zero-order chi connectivity index (χ0) is 12.8. The van der Waals surface area contributed by atoms with Gasteiger partial charge >= 0.3 is 0 Å². The van der Waals surface area contributed by atoms with Crippen LogP contribution in [0.1, 0.15) is 10.4 Å². The van der Waals surface area contributed by atoms with Gasteiger partial charge in [0.05, 0.1) is 21.3 Å². The van der Waals surface area contributed by atoms with Crippen LogP contribution in [0.3, 0.4) is 0 Å². The normalized spacial score (nSPS) is 9.12. The van der Waals surface area contributed by atoms with E-state index in [1.54, 1.807) is 12.1 Å². The average molecular weight is 234 g/mol. The first kappa shape index (κ1) is 12.9. The molecular formula is C13H14O4. The molecule has 1 aromatic carbocycles. The summed E-state index contributed by atoms with van der Waals surface area (Å²) in [6, 6.07) is 3.24. The van der Waals surface area contributed by atoms with E-state index in [1.807, 2.05) is 0 Å². The Morgan fingerprint density at radius 1 is 1.18 bits per heavy atom. The summed E-state index contributed by atoms with van der Waals surface area (Å²) >= 11 is 0. The molecule has 0 radical (unpaired) electrons. The Morgan fingerprint density at radius 3 is 2.06 bits per heavy atom. The van der Waals surface area contributed by atoms with Crippen molar-refractivity contribution in [3.05, 3.63) is 36.1 Å². The van der Waals surface area contributed by atoms with Crippen molar-refractivity contribution in [3.8, 4) is 17.2 Å². The molecule has 1 rings (SSSR count). The number of hydrogen-bond donors (Lipinski definition) is 0. The zero-order valence-electron chi connectivity index (χ0n) is 10.1. The molecule has 0 bridgehead atoms. The number of methoxy groups -OCH3 is 3. The van der Waals surface area contributed by atoms with E-state index < -0.39 is 0 Å². The van der Waals surface area contributed by atoms with E-state index in [0.717, 1.165) is 0 Å². The summed E-state index contributed by atoms with van der Waals surface area (Å²) in [6.07, 6.45) is 1.23. The lowest BCUT2D eigenvalue weighted by Gasteiger charge is -2.12. The highest BCUT2D eigenvalue weighted by molar-refractivity contribution is 6.08. The van der Waals surface area contributed by atoms with Crippen molar-refractivity contribution in [2.45, 2.75) is 0 Å². The van der Waals surface area contributed by atoms with Crippen LogP contribution in [0.15, 0.2) is 30.5 Å². The molecule has 0 unspecified atom stereocenters. The van der Waals surface area contributed by atoms with Gasteiger partial charge in [-0.2, -0.15) is 0 Å². The molecule has 17 heavy (non-hydrogen) atoms. The Hall–Kier alpha value is -2.19. The summed E-state index contributed by atoms with van der Waals surface area (Å²) in [5, 5.41) is 0. The van der Waals surface area contributed by atoms with Gasteiger partial charge in [-0.1, -0.05) is 6.58 Å². The third-order valence-corrected chi connectivity index (χ3v) is 2.19. The number of benzene rings is 1. The number of carbonyl (C=O) groups excluding carboxylic acids is 1. The molecule has 0 aromatic heterocycles. The molecule has 0 spiro atoms. The van der Waals surface area contributed by atoms with E-state index in [-0.39, 0.29) is 5.78 Å². The summed E-state index contributed by atoms with van der Waals surface area (Å²) in [5.74, 6) is 1.05. The third-order valence-electron chi connectivity index (χ3n) is 2.19. The maximum atomic E-state index is 11.8. The van der Waals surface area contributed by atoms with Crippen LogP contribution in [0.25, 0.3) is 0 Å². The lowest BCUT2D eigenvalue weighted by Crippen LogP contribution is -2.03. The van der Waals surface area contributed by atoms with Crippen LogP contribution in [0.2, 0.25) is 0 Å². The number of ketones is 1. The van der Waals surface area contributed by atoms with Crippen molar-refractivity contribution in [1.29, 1.82) is 0 Å². The fraction of sp³-hybridized carbons (Fsp3) is 0.231. The standard InChI is InChI=1S/C13H14O4/c1-5-6-10(14)13-11(16-3)7-9(15-2)8-12(13)17-4/h6-8H,1H2,2-4H3. The molecule has 0 saturated heterocycles. The molecule has 0 N–H and O–H groups in total. The molecule has 0 aliphatic carbocycles. The van der Waals surface area contributed by atoms with Crippen LogP contribution < -0.4 is 14.2 Å². The van der Waals surface area contributed by atoms with Crippen molar-refractivity contribution in [3.63, 3.8) is 0 Å². The maximum Gasteiger partial charge on any atom is 0.200 e.